The van der Waals surface area contributed by atoms with Crippen molar-refractivity contribution in [3.05, 3.63) is 64.7 Å². The highest BCUT2D eigenvalue weighted by atomic mass is 35.5. The molecule has 1 saturated heterocycles. The highest BCUT2D eigenvalue weighted by molar-refractivity contribution is 6.31. The van der Waals surface area contributed by atoms with Crippen molar-refractivity contribution in [3.63, 3.8) is 0 Å². The van der Waals surface area contributed by atoms with Crippen LogP contribution >= 0.6 is 11.6 Å². The zero-order chi connectivity index (χ0) is 16.2. The van der Waals surface area contributed by atoms with Gasteiger partial charge in [0.15, 0.2) is 0 Å². The Bertz CT molecular complexity index is 705. The molecule has 5 heteroatoms. The molecule has 0 spiro atoms. The van der Waals surface area contributed by atoms with Crippen LogP contribution in [0.25, 0.3) is 0 Å². The van der Waals surface area contributed by atoms with Gasteiger partial charge < -0.3 is 15.0 Å². The molecule has 0 bridgehead atoms. The first-order valence-electron chi connectivity index (χ1n) is 7.59. The van der Waals surface area contributed by atoms with Crippen LogP contribution in [0.2, 0.25) is 5.02 Å². The third kappa shape index (κ3) is 4.10. The van der Waals surface area contributed by atoms with Crippen molar-refractivity contribution in [2.45, 2.75) is 6.10 Å². The fourth-order valence-electron chi connectivity index (χ4n) is 2.63. The van der Waals surface area contributed by atoms with Gasteiger partial charge in [-0.25, -0.2) is 0 Å². The van der Waals surface area contributed by atoms with Gasteiger partial charge in [-0.2, -0.15) is 0 Å². The van der Waals surface area contributed by atoms with E-state index in [-0.39, 0.29) is 12.0 Å². The lowest BCUT2D eigenvalue weighted by Crippen LogP contribution is -2.35. The number of anilines is 1. The molecule has 1 aliphatic heterocycles. The van der Waals surface area contributed by atoms with Crippen LogP contribution in [0.4, 0.5) is 5.69 Å². The maximum atomic E-state index is 12.3. The first kappa shape index (κ1) is 16.0. The first-order valence-corrected chi connectivity index (χ1v) is 7.96. The minimum Gasteiger partial charge on any atom is -0.371 e. The molecule has 1 heterocycles. The summed E-state index contributed by atoms with van der Waals surface area (Å²) in [6.07, 6.45) is 0.0387. The van der Waals surface area contributed by atoms with Crippen molar-refractivity contribution in [2.24, 2.45) is 0 Å². The Balaban J connectivity index is 1.73. The van der Waals surface area contributed by atoms with Gasteiger partial charge >= 0.3 is 0 Å². The number of ether oxygens (including phenoxy) is 1. The average Bonchev–Trinajstić information content (AvgIpc) is 2.55. The number of benzene rings is 2. The van der Waals surface area contributed by atoms with Crippen LogP contribution in [0.1, 0.15) is 22.0 Å². The van der Waals surface area contributed by atoms with E-state index < -0.39 is 0 Å². The van der Waals surface area contributed by atoms with E-state index in [9.17, 15) is 4.79 Å². The summed E-state index contributed by atoms with van der Waals surface area (Å²) < 4.78 is 5.82. The summed E-state index contributed by atoms with van der Waals surface area (Å²) in [5, 5.41) is 3.46. The second-order valence-corrected chi connectivity index (χ2v) is 6.15. The maximum Gasteiger partial charge on any atom is 0.255 e. The van der Waals surface area contributed by atoms with Crippen LogP contribution in [0.15, 0.2) is 48.5 Å². The number of carbonyl (C=O) groups is 1. The number of rotatable bonds is 3. The molecule has 1 aliphatic rings. The van der Waals surface area contributed by atoms with Crippen molar-refractivity contribution in [3.8, 4) is 0 Å². The van der Waals surface area contributed by atoms with Crippen LogP contribution in [0.3, 0.4) is 0 Å². The number of halogens is 1. The predicted octanol–water partition coefficient (Wildman–Crippen LogP) is 3.60. The highest BCUT2D eigenvalue weighted by Crippen LogP contribution is 2.24. The van der Waals surface area contributed by atoms with Gasteiger partial charge in [-0.05, 0) is 42.9 Å². The molecule has 0 radical (unpaired) electrons. The molecule has 1 unspecified atom stereocenters. The van der Waals surface area contributed by atoms with E-state index in [2.05, 4.69) is 17.3 Å². The quantitative estimate of drug-likeness (QED) is 0.935. The number of amides is 1. The lowest BCUT2D eigenvalue weighted by molar-refractivity contribution is -0.0208. The summed E-state index contributed by atoms with van der Waals surface area (Å²) in [4.78, 5) is 14.5. The zero-order valence-electron chi connectivity index (χ0n) is 13.0. The Morgan fingerprint density at radius 2 is 2.09 bits per heavy atom. The van der Waals surface area contributed by atoms with E-state index >= 15 is 0 Å². The molecule has 0 aliphatic carbocycles. The van der Waals surface area contributed by atoms with Gasteiger partial charge in [0.1, 0.15) is 0 Å². The van der Waals surface area contributed by atoms with E-state index in [4.69, 9.17) is 16.3 Å². The van der Waals surface area contributed by atoms with Gasteiger partial charge in [0, 0.05) is 29.4 Å². The summed E-state index contributed by atoms with van der Waals surface area (Å²) in [5.74, 6) is -0.175. The van der Waals surface area contributed by atoms with Crippen molar-refractivity contribution in [2.75, 3.05) is 32.1 Å². The summed E-state index contributed by atoms with van der Waals surface area (Å²) in [5.41, 5.74) is 2.36. The van der Waals surface area contributed by atoms with Gasteiger partial charge in [-0.15, -0.1) is 0 Å². The van der Waals surface area contributed by atoms with Crippen LogP contribution in [-0.2, 0) is 4.74 Å². The molecule has 2 aromatic rings. The number of carbonyl (C=O) groups excluding carboxylic acids is 1. The lowest BCUT2D eigenvalue weighted by Gasteiger charge is -2.30. The minimum atomic E-state index is -0.175. The van der Waals surface area contributed by atoms with E-state index in [0.717, 1.165) is 30.9 Å². The third-order valence-corrected chi connectivity index (χ3v) is 4.11. The summed E-state index contributed by atoms with van der Waals surface area (Å²) in [6.45, 7) is 2.52. The van der Waals surface area contributed by atoms with Crippen molar-refractivity contribution in [1.82, 2.24) is 4.90 Å². The fraction of sp³-hybridized carbons (Fsp3) is 0.278. The Morgan fingerprint density at radius 3 is 2.87 bits per heavy atom. The summed E-state index contributed by atoms with van der Waals surface area (Å²) in [7, 11) is 2.08. The predicted molar refractivity (Wildman–Crippen MR) is 92.0 cm³/mol. The van der Waals surface area contributed by atoms with E-state index in [1.54, 1.807) is 24.3 Å². The number of nitrogens with one attached hydrogen (secondary N) is 1. The smallest absolute Gasteiger partial charge is 0.255 e. The topological polar surface area (TPSA) is 41.6 Å². The molecule has 120 valence electrons. The number of morpholine rings is 1. The zero-order valence-corrected chi connectivity index (χ0v) is 13.7. The van der Waals surface area contributed by atoms with Crippen LogP contribution in [0, 0.1) is 0 Å². The molecule has 1 amide bonds. The number of hydrogen-bond acceptors (Lipinski definition) is 3. The standard InChI is InChI=1S/C18H19ClN2O2/c1-21-8-9-23-17(12-21)13-4-3-7-16(11-13)20-18(22)14-5-2-6-15(19)10-14/h2-7,10-11,17H,8-9,12H2,1H3,(H,20,22). The number of likely N-dealkylation sites (N-methyl/N-ethyl adjacent to an activating group) is 1. The molecular weight excluding hydrogens is 312 g/mol. The van der Waals surface area contributed by atoms with E-state index in [1.807, 2.05) is 24.3 Å². The normalized spacial score (nSPS) is 18.6. The van der Waals surface area contributed by atoms with Crippen molar-refractivity contribution in [1.29, 1.82) is 0 Å². The molecule has 1 fully saturated rings. The van der Waals surface area contributed by atoms with E-state index in [0.29, 0.717) is 10.6 Å². The first-order chi connectivity index (χ1) is 11.1. The highest BCUT2D eigenvalue weighted by Gasteiger charge is 2.19. The van der Waals surface area contributed by atoms with Crippen LogP contribution in [-0.4, -0.2) is 37.6 Å². The third-order valence-electron chi connectivity index (χ3n) is 3.87. The lowest BCUT2D eigenvalue weighted by atomic mass is 10.1. The molecule has 0 aromatic heterocycles. The Kier molecular flexibility index (Phi) is 4.96. The molecular formula is C18H19ClN2O2. The van der Waals surface area contributed by atoms with Crippen LogP contribution in [0.5, 0.6) is 0 Å². The Labute approximate surface area is 141 Å². The molecule has 0 saturated carbocycles. The van der Waals surface area contributed by atoms with Gasteiger partial charge in [0.05, 0.1) is 12.7 Å². The molecule has 2 aromatic carbocycles. The minimum absolute atomic E-state index is 0.0387. The molecule has 3 rings (SSSR count). The van der Waals surface area contributed by atoms with Gasteiger partial charge in [-0.1, -0.05) is 29.8 Å². The van der Waals surface area contributed by atoms with Crippen molar-refractivity contribution >= 4 is 23.2 Å². The average molecular weight is 331 g/mol. The van der Waals surface area contributed by atoms with Crippen LogP contribution < -0.4 is 5.32 Å². The van der Waals surface area contributed by atoms with Gasteiger partial charge in [-0.3, -0.25) is 4.79 Å². The largest absolute Gasteiger partial charge is 0.371 e. The molecule has 1 N–H and O–H groups in total. The maximum absolute atomic E-state index is 12.3. The SMILES string of the molecule is CN1CCOC(c2cccc(NC(=O)c3cccc(Cl)c3)c2)C1. The monoisotopic (exact) mass is 330 g/mol. The molecule has 1 atom stereocenters. The van der Waals surface area contributed by atoms with E-state index in [1.165, 1.54) is 0 Å². The summed E-state index contributed by atoms with van der Waals surface area (Å²) >= 11 is 5.93. The molecule has 23 heavy (non-hydrogen) atoms. The van der Waals surface area contributed by atoms with Gasteiger partial charge in [0.2, 0.25) is 0 Å². The second-order valence-electron chi connectivity index (χ2n) is 5.71. The second kappa shape index (κ2) is 7.13. The molecule has 4 nitrogen and oxygen atoms in total. The fourth-order valence-corrected chi connectivity index (χ4v) is 2.82. The number of hydrogen-bond donors (Lipinski definition) is 1. The Morgan fingerprint density at radius 1 is 1.26 bits per heavy atom. The summed E-state index contributed by atoms with van der Waals surface area (Å²) in [6, 6.07) is 14.7. The van der Waals surface area contributed by atoms with Gasteiger partial charge in [0.25, 0.3) is 5.91 Å². The Hall–Kier alpha value is -1.88. The van der Waals surface area contributed by atoms with Crippen molar-refractivity contribution < 1.29 is 9.53 Å². The number of nitrogens with zero attached hydrogens (tertiary/aromatic N) is 1.